The summed E-state index contributed by atoms with van der Waals surface area (Å²) in [6, 6.07) is 0. The Morgan fingerprint density at radius 1 is 1.27 bits per heavy atom. The minimum atomic E-state index is -0.621. The van der Waals surface area contributed by atoms with Gasteiger partial charge in [0.1, 0.15) is 0 Å². The number of halogens is 1. The van der Waals surface area contributed by atoms with E-state index in [1.165, 1.54) is 12.5 Å². The fraction of sp³-hybridized carbons (Fsp3) is 0.824. The average molecular weight is 312 g/mol. The number of amides is 1. The molecule has 1 aliphatic carbocycles. The Morgan fingerprint density at radius 2 is 1.91 bits per heavy atom. The second kappa shape index (κ2) is 8.06. The van der Waals surface area contributed by atoms with Crippen LogP contribution in [0.2, 0.25) is 0 Å². The Hall–Kier alpha value is -0.940. The van der Waals surface area contributed by atoms with Crippen LogP contribution in [0.25, 0.3) is 0 Å². The molecule has 1 saturated heterocycles. The van der Waals surface area contributed by atoms with Gasteiger partial charge in [0.05, 0.1) is 13.2 Å². The van der Waals surface area contributed by atoms with E-state index in [9.17, 15) is 9.18 Å². The van der Waals surface area contributed by atoms with Gasteiger partial charge in [-0.2, -0.15) is 0 Å². The van der Waals surface area contributed by atoms with Crippen LogP contribution in [0, 0.1) is 5.92 Å². The molecule has 0 aromatic heterocycles. The van der Waals surface area contributed by atoms with Crippen molar-refractivity contribution in [3.05, 3.63) is 11.9 Å². The lowest BCUT2D eigenvalue weighted by Gasteiger charge is -2.40. The molecule has 2 rings (SSSR count). The molecular weight excluding hydrogens is 283 g/mol. The molecule has 0 spiro atoms. The average Bonchev–Trinajstić information content (AvgIpc) is 2.54. The predicted octanol–water partition coefficient (Wildman–Crippen LogP) is 2.65. The van der Waals surface area contributed by atoms with Crippen LogP contribution in [0.15, 0.2) is 11.9 Å². The normalized spacial score (nSPS) is 22.6. The lowest BCUT2D eigenvalue weighted by atomic mass is 9.89. The second-order valence-corrected chi connectivity index (χ2v) is 7.01. The van der Waals surface area contributed by atoms with Crippen LogP contribution in [0.3, 0.4) is 0 Å². The fourth-order valence-electron chi connectivity index (χ4n) is 3.24. The first-order valence-corrected chi connectivity index (χ1v) is 8.47. The van der Waals surface area contributed by atoms with Crippen molar-refractivity contribution in [2.24, 2.45) is 5.92 Å². The van der Waals surface area contributed by atoms with E-state index in [0.29, 0.717) is 19.8 Å². The minimum absolute atomic E-state index is 0.190. The number of ether oxygens (including phenoxy) is 1. The monoisotopic (exact) mass is 312 g/mol. The van der Waals surface area contributed by atoms with Crippen LogP contribution in [0.4, 0.5) is 4.39 Å². The van der Waals surface area contributed by atoms with Crippen molar-refractivity contribution in [3.63, 3.8) is 0 Å². The third-order valence-electron chi connectivity index (χ3n) is 4.80. The number of nitrogens with zero attached hydrogens (tertiary/aromatic N) is 1. The van der Waals surface area contributed by atoms with Gasteiger partial charge in [-0.1, -0.05) is 19.3 Å². The topological polar surface area (TPSA) is 41.6 Å². The maximum absolute atomic E-state index is 14.0. The van der Waals surface area contributed by atoms with Gasteiger partial charge in [-0.25, -0.2) is 4.39 Å². The maximum Gasteiger partial charge on any atom is 0.279 e. The largest absolute Gasteiger partial charge is 0.379 e. The van der Waals surface area contributed by atoms with Crippen molar-refractivity contribution in [2.45, 2.75) is 51.5 Å². The summed E-state index contributed by atoms with van der Waals surface area (Å²) in [5.41, 5.74) is -0.190. The molecule has 0 aromatic rings. The standard InChI is InChI=1S/C17H29FN2O2/c1-17(2,20-8-10-22-11-9-20)13-19-16(21)15(18)12-14-6-4-3-5-7-14/h12,14H,3-11,13H2,1-2H3,(H,19,21)/b15-12-. The zero-order chi connectivity index (χ0) is 16.0. The molecule has 2 fully saturated rings. The highest BCUT2D eigenvalue weighted by molar-refractivity contribution is 5.91. The van der Waals surface area contributed by atoms with Crippen LogP contribution in [-0.4, -0.2) is 49.2 Å². The van der Waals surface area contributed by atoms with Crippen molar-refractivity contribution < 1.29 is 13.9 Å². The van der Waals surface area contributed by atoms with E-state index in [2.05, 4.69) is 24.1 Å². The van der Waals surface area contributed by atoms with Crippen LogP contribution >= 0.6 is 0 Å². The van der Waals surface area contributed by atoms with E-state index in [-0.39, 0.29) is 11.5 Å². The van der Waals surface area contributed by atoms with Crippen LogP contribution in [-0.2, 0) is 9.53 Å². The molecule has 1 aliphatic heterocycles. The Morgan fingerprint density at radius 3 is 2.55 bits per heavy atom. The molecule has 2 aliphatic rings. The van der Waals surface area contributed by atoms with Gasteiger partial charge < -0.3 is 10.1 Å². The van der Waals surface area contributed by atoms with Crippen molar-refractivity contribution >= 4 is 5.91 Å². The number of rotatable bonds is 5. The molecule has 5 heteroatoms. The number of morpholine rings is 1. The first kappa shape index (κ1) is 17.4. The Bertz CT molecular complexity index is 397. The maximum atomic E-state index is 14.0. The molecule has 1 amide bonds. The van der Waals surface area contributed by atoms with Gasteiger partial charge in [0.15, 0.2) is 5.83 Å². The van der Waals surface area contributed by atoms with E-state index in [0.717, 1.165) is 38.8 Å². The predicted molar refractivity (Wildman–Crippen MR) is 85.2 cm³/mol. The van der Waals surface area contributed by atoms with E-state index < -0.39 is 11.7 Å². The van der Waals surface area contributed by atoms with Crippen molar-refractivity contribution in [3.8, 4) is 0 Å². The number of hydrogen-bond acceptors (Lipinski definition) is 3. The van der Waals surface area contributed by atoms with E-state index in [1.807, 2.05) is 0 Å². The van der Waals surface area contributed by atoms with Crippen molar-refractivity contribution in [1.29, 1.82) is 0 Å². The molecule has 4 nitrogen and oxygen atoms in total. The van der Waals surface area contributed by atoms with E-state index >= 15 is 0 Å². The Balaban J connectivity index is 1.81. The number of carbonyl (C=O) groups excluding carboxylic acids is 1. The molecule has 1 N–H and O–H groups in total. The molecule has 0 bridgehead atoms. The molecule has 0 atom stereocenters. The van der Waals surface area contributed by atoms with Gasteiger partial charge in [0.25, 0.3) is 5.91 Å². The molecule has 0 radical (unpaired) electrons. The van der Waals surface area contributed by atoms with Crippen LogP contribution < -0.4 is 5.32 Å². The lowest BCUT2D eigenvalue weighted by molar-refractivity contribution is -0.119. The summed E-state index contributed by atoms with van der Waals surface area (Å²) < 4.78 is 19.4. The summed E-state index contributed by atoms with van der Waals surface area (Å²) in [6.45, 7) is 7.72. The van der Waals surface area contributed by atoms with E-state index in [4.69, 9.17) is 4.74 Å². The second-order valence-electron chi connectivity index (χ2n) is 7.01. The number of carbonyl (C=O) groups is 1. The molecule has 1 heterocycles. The summed E-state index contributed by atoms with van der Waals surface area (Å²) in [5, 5.41) is 2.74. The van der Waals surface area contributed by atoms with E-state index in [1.54, 1.807) is 0 Å². The highest BCUT2D eigenvalue weighted by Gasteiger charge is 2.29. The zero-order valence-electron chi connectivity index (χ0n) is 13.9. The van der Waals surface area contributed by atoms with Gasteiger partial charge in [0, 0.05) is 25.2 Å². The molecule has 1 saturated carbocycles. The SMILES string of the molecule is CC(C)(CNC(=O)/C(F)=C/C1CCCCC1)N1CCOCC1. The fourth-order valence-corrected chi connectivity index (χ4v) is 3.24. The molecule has 0 unspecified atom stereocenters. The third-order valence-corrected chi connectivity index (χ3v) is 4.80. The summed E-state index contributed by atoms with van der Waals surface area (Å²) in [7, 11) is 0. The Kier molecular flexibility index (Phi) is 6.38. The van der Waals surface area contributed by atoms with Crippen molar-refractivity contribution in [1.82, 2.24) is 10.2 Å². The van der Waals surface area contributed by atoms with Crippen molar-refractivity contribution in [2.75, 3.05) is 32.8 Å². The van der Waals surface area contributed by atoms with Crippen LogP contribution in [0.1, 0.15) is 46.0 Å². The lowest BCUT2D eigenvalue weighted by Crippen LogP contribution is -2.55. The molecule has 126 valence electrons. The smallest absolute Gasteiger partial charge is 0.279 e. The number of allylic oxidation sites excluding steroid dienone is 1. The summed E-state index contributed by atoms with van der Waals surface area (Å²) in [4.78, 5) is 14.2. The molecule has 22 heavy (non-hydrogen) atoms. The van der Waals surface area contributed by atoms with Crippen LogP contribution in [0.5, 0.6) is 0 Å². The van der Waals surface area contributed by atoms with Gasteiger partial charge in [-0.15, -0.1) is 0 Å². The van der Waals surface area contributed by atoms with Gasteiger partial charge in [0.2, 0.25) is 0 Å². The molecule has 0 aromatic carbocycles. The summed E-state index contributed by atoms with van der Waals surface area (Å²) >= 11 is 0. The van der Waals surface area contributed by atoms with Gasteiger partial charge >= 0.3 is 0 Å². The number of hydrogen-bond donors (Lipinski definition) is 1. The van der Waals surface area contributed by atoms with Gasteiger partial charge in [-0.3, -0.25) is 9.69 Å². The first-order valence-electron chi connectivity index (χ1n) is 8.47. The highest BCUT2D eigenvalue weighted by Crippen LogP contribution is 2.26. The Labute approximate surface area is 133 Å². The third kappa shape index (κ3) is 5.06. The minimum Gasteiger partial charge on any atom is -0.379 e. The highest BCUT2D eigenvalue weighted by atomic mass is 19.1. The quantitative estimate of drug-likeness (QED) is 0.794. The summed E-state index contributed by atoms with van der Waals surface area (Å²) in [6.07, 6.45) is 7.03. The number of nitrogens with one attached hydrogen (secondary N) is 1. The van der Waals surface area contributed by atoms with Gasteiger partial charge in [-0.05, 0) is 38.7 Å². The summed E-state index contributed by atoms with van der Waals surface area (Å²) in [5.74, 6) is -0.969. The zero-order valence-corrected chi connectivity index (χ0v) is 13.9. The molecular formula is C17H29FN2O2. The first-order chi connectivity index (χ1) is 10.5.